The predicted octanol–water partition coefficient (Wildman–Crippen LogP) is 2.57. The molecule has 0 bridgehead atoms. The van der Waals surface area contributed by atoms with Crippen molar-refractivity contribution in [2.24, 2.45) is 5.92 Å². The molecule has 1 aromatic carbocycles. The fourth-order valence-electron chi connectivity index (χ4n) is 4.17. The summed E-state index contributed by atoms with van der Waals surface area (Å²) in [7, 11) is 2.99. The molecule has 2 aliphatic rings. The van der Waals surface area contributed by atoms with Crippen molar-refractivity contribution >= 4 is 29.0 Å². The third kappa shape index (κ3) is 3.47. The van der Waals surface area contributed by atoms with Gasteiger partial charge in [0, 0.05) is 18.3 Å². The van der Waals surface area contributed by atoms with Gasteiger partial charge in [0.25, 0.3) is 5.56 Å². The number of urea groups is 1. The van der Waals surface area contributed by atoms with E-state index < -0.39 is 11.9 Å². The molecule has 0 N–H and O–H groups in total. The van der Waals surface area contributed by atoms with E-state index in [1.807, 2.05) is 0 Å². The second-order valence-corrected chi connectivity index (χ2v) is 7.74. The number of ether oxygens (including phenoxy) is 2. The van der Waals surface area contributed by atoms with Crippen LogP contribution in [0.4, 0.5) is 10.5 Å². The first kappa shape index (κ1) is 21.3. The molecule has 2 aromatic heterocycles. The monoisotopic (exact) mass is 457 g/mol. The number of imide groups is 1. The van der Waals surface area contributed by atoms with E-state index in [4.69, 9.17) is 9.47 Å². The van der Waals surface area contributed by atoms with E-state index in [0.29, 0.717) is 34.2 Å². The highest BCUT2D eigenvalue weighted by Crippen LogP contribution is 2.34. The number of fused-ring (bicyclic) bond motifs is 2. The summed E-state index contributed by atoms with van der Waals surface area (Å²) in [5.74, 6) is -0.160. The van der Waals surface area contributed by atoms with Gasteiger partial charge in [0.15, 0.2) is 11.5 Å². The topological polar surface area (TPSA) is 93.2 Å². The molecule has 3 aromatic rings. The van der Waals surface area contributed by atoms with Crippen molar-refractivity contribution in [3.05, 3.63) is 89.0 Å². The first-order valence-corrected chi connectivity index (χ1v) is 10.6. The van der Waals surface area contributed by atoms with E-state index in [1.54, 1.807) is 66.9 Å². The zero-order chi connectivity index (χ0) is 23.8. The van der Waals surface area contributed by atoms with Crippen LogP contribution in [-0.2, 0) is 11.3 Å². The first-order chi connectivity index (χ1) is 16.5. The Morgan fingerprint density at radius 2 is 1.82 bits per heavy atom. The lowest BCUT2D eigenvalue weighted by Crippen LogP contribution is -2.54. The van der Waals surface area contributed by atoms with E-state index in [9.17, 15) is 14.4 Å². The third-order valence-corrected chi connectivity index (χ3v) is 5.79. The number of hydrogen-bond donors (Lipinski definition) is 0. The van der Waals surface area contributed by atoms with Gasteiger partial charge in [-0.1, -0.05) is 24.3 Å². The van der Waals surface area contributed by atoms with E-state index in [-0.39, 0.29) is 18.0 Å². The van der Waals surface area contributed by atoms with Crippen molar-refractivity contribution in [3.63, 3.8) is 0 Å². The van der Waals surface area contributed by atoms with E-state index >= 15 is 0 Å². The molecular weight excluding hydrogens is 436 g/mol. The van der Waals surface area contributed by atoms with Crippen LogP contribution in [0.3, 0.4) is 0 Å². The van der Waals surface area contributed by atoms with Gasteiger partial charge in [-0.05, 0) is 30.3 Å². The maximum Gasteiger partial charge on any atom is 0.506 e. The average Bonchev–Trinajstić information content (AvgIpc) is 2.86. The number of allylic oxidation sites excluding steroid dienone is 3. The van der Waals surface area contributed by atoms with Gasteiger partial charge in [0.2, 0.25) is 0 Å². The number of nitrogens with zero attached hydrogens (tertiary/aromatic N) is 4. The number of benzene rings is 1. The molecule has 5 rings (SSSR count). The number of methoxy groups -OCH3 is 2. The second-order valence-electron chi connectivity index (χ2n) is 7.74. The molecule has 34 heavy (non-hydrogen) atoms. The Morgan fingerprint density at radius 1 is 1.00 bits per heavy atom. The first-order valence-electron chi connectivity index (χ1n) is 10.6. The summed E-state index contributed by atoms with van der Waals surface area (Å²) in [6.45, 7) is 0.0283. The fourth-order valence-corrected chi connectivity index (χ4v) is 4.17. The molecule has 3 amide bonds. The minimum atomic E-state index is -0.655. The van der Waals surface area contributed by atoms with Gasteiger partial charge in [-0.25, -0.2) is 9.78 Å². The van der Waals surface area contributed by atoms with Crippen molar-refractivity contribution < 1.29 is 23.6 Å². The van der Waals surface area contributed by atoms with Gasteiger partial charge in [0.1, 0.15) is 29.5 Å². The second kappa shape index (κ2) is 8.43. The van der Waals surface area contributed by atoms with E-state index in [1.165, 1.54) is 29.3 Å². The van der Waals surface area contributed by atoms with Crippen molar-refractivity contribution in [3.8, 4) is 11.5 Å². The van der Waals surface area contributed by atoms with Crippen LogP contribution in [0.1, 0.15) is 5.69 Å². The lowest BCUT2D eigenvalue weighted by molar-refractivity contribution is -0.446. The minimum absolute atomic E-state index is 0.0283. The number of pyridine rings is 1. The van der Waals surface area contributed by atoms with Gasteiger partial charge in [-0.15, -0.1) is 4.90 Å². The number of carbonyl (C=O) groups excluding carboxylic acids is 2. The molecule has 0 saturated carbocycles. The highest BCUT2D eigenvalue weighted by atomic mass is 16.5. The van der Waals surface area contributed by atoms with Gasteiger partial charge < -0.3 is 9.47 Å². The van der Waals surface area contributed by atoms with Crippen LogP contribution < -0.4 is 19.9 Å². The zero-order valence-electron chi connectivity index (χ0n) is 18.5. The van der Waals surface area contributed by atoms with Crippen molar-refractivity contribution in [2.45, 2.75) is 6.54 Å². The van der Waals surface area contributed by atoms with E-state index in [2.05, 4.69) is 4.98 Å². The number of carbonyl (C=O) groups is 2. The Labute approximate surface area is 194 Å². The van der Waals surface area contributed by atoms with Crippen LogP contribution in [0, 0.1) is 5.92 Å². The summed E-state index contributed by atoms with van der Waals surface area (Å²) >= 11 is 0. The smallest absolute Gasteiger partial charge is 0.493 e. The molecule has 1 atom stereocenters. The highest BCUT2D eigenvalue weighted by Gasteiger charge is 2.48. The Balaban J connectivity index is 1.61. The summed E-state index contributed by atoms with van der Waals surface area (Å²) in [6.07, 6.45) is 8.66. The molecule has 0 fully saturated rings. The van der Waals surface area contributed by atoms with Gasteiger partial charge >= 0.3 is 11.9 Å². The quantitative estimate of drug-likeness (QED) is 0.547. The molecule has 0 saturated heterocycles. The van der Waals surface area contributed by atoms with Crippen LogP contribution in [-0.4, -0.2) is 45.8 Å². The lowest BCUT2D eigenvalue weighted by atomic mass is 9.94. The van der Waals surface area contributed by atoms with Crippen LogP contribution in [0.2, 0.25) is 0 Å². The fraction of sp³-hybridized carbons (Fsp3) is 0.160. The zero-order valence-corrected chi connectivity index (χ0v) is 18.5. The average molecular weight is 457 g/mol. The maximum atomic E-state index is 13.7. The van der Waals surface area contributed by atoms with Crippen molar-refractivity contribution in [1.29, 1.82) is 0 Å². The number of amides is 3. The Hall–Kier alpha value is -4.53. The normalized spacial score (nSPS) is 17.4. The number of anilines is 1. The Kier molecular flexibility index (Phi) is 5.29. The maximum absolute atomic E-state index is 13.7. The standard InChI is InChI=1S/C25H21N4O5/c1-33-20-11-10-17(14-21(20)34-2)29-24(31)18-7-3-4-8-19(18)28(25(29)32)15-16-13-23(30)27-12-6-5-9-22(27)26-16/h3-14,18H,15H2,1-2H3/q+1. The Morgan fingerprint density at radius 3 is 2.62 bits per heavy atom. The molecule has 1 unspecified atom stereocenters. The number of aromatic nitrogens is 2. The van der Waals surface area contributed by atoms with Gasteiger partial charge in [-0.2, -0.15) is 9.37 Å². The molecule has 170 valence electrons. The molecular formula is C25H21N4O5+. The largest absolute Gasteiger partial charge is 0.506 e. The number of rotatable bonds is 5. The minimum Gasteiger partial charge on any atom is -0.493 e. The summed E-state index contributed by atoms with van der Waals surface area (Å²) in [4.78, 5) is 45.3. The summed E-state index contributed by atoms with van der Waals surface area (Å²) in [6, 6.07) is 11.0. The predicted molar refractivity (Wildman–Crippen MR) is 125 cm³/mol. The summed E-state index contributed by atoms with van der Waals surface area (Å²) in [5.41, 5.74) is 1.53. The Bertz CT molecular complexity index is 1480. The molecule has 9 nitrogen and oxygen atoms in total. The van der Waals surface area contributed by atoms with Crippen LogP contribution in [0.5, 0.6) is 11.5 Å². The third-order valence-electron chi connectivity index (χ3n) is 5.79. The molecule has 9 heteroatoms. The summed E-state index contributed by atoms with van der Waals surface area (Å²) in [5, 5.41) is 0. The van der Waals surface area contributed by atoms with Crippen LogP contribution in [0.25, 0.3) is 5.65 Å². The van der Waals surface area contributed by atoms with Crippen LogP contribution in [0.15, 0.2) is 77.8 Å². The van der Waals surface area contributed by atoms with Crippen molar-refractivity contribution in [1.82, 2.24) is 9.38 Å². The van der Waals surface area contributed by atoms with E-state index in [0.717, 1.165) is 4.90 Å². The van der Waals surface area contributed by atoms with Gasteiger partial charge in [-0.3, -0.25) is 9.20 Å². The highest BCUT2D eigenvalue weighted by molar-refractivity contribution is 6.25. The van der Waals surface area contributed by atoms with Crippen LogP contribution >= 0.6 is 0 Å². The SMILES string of the molecule is COc1ccc(N2C(=O)C3C=CC=CC3=[N+](Cc3cc(=O)n4ccccc4n3)C2=O)cc1OC. The summed E-state index contributed by atoms with van der Waals surface area (Å²) < 4.78 is 13.5. The molecule has 1 aliphatic heterocycles. The number of hydrogen-bond acceptors (Lipinski definition) is 6. The molecule has 3 heterocycles. The molecule has 0 radical (unpaired) electrons. The molecule has 0 spiro atoms. The molecule has 1 aliphatic carbocycles. The van der Waals surface area contributed by atoms with Gasteiger partial charge in [0.05, 0.1) is 19.9 Å². The lowest BCUT2D eigenvalue weighted by Gasteiger charge is -2.26. The van der Waals surface area contributed by atoms with Crippen molar-refractivity contribution in [2.75, 3.05) is 19.1 Å².